The number of nitrogens with zero attached hydrogens (tertiary/aromatic N) is 1. The molecule has 7 aromatic rings. The predicted octanol–water partition coefficient (Wildman–Crippen LogP) is 11.9. The molecule has 21 heteroatoms. The van der Waals surface area contributed by atoms with E-state index in [2.05, 4.69) is 47.0 Å². The number of fused-ring (bicyclic) bond motifs is 2. The second-order valence-corrected chi connectivity index (χ2v) is 26.4. The average Bonchev–Trinajstić information content (AvgIpc) is 1.71. The van der Waals surface area contributed by atoms with E-state index in [1.807, 2.05) is 68.4 Å². The molecule has 0 aliphatic carbocycles. The van der Waals surface area contributed by atoms with Gasteiger partial charge in [0, 0.05) is 69.2 Å². The summed E-state index contributed by atoms with van der Waals surface area (Å²) in [6, 6.07) is 41.9. The molecule has 2 N–H and O–H groups in total. The number of ether oxygens (including phenoxy) is 5. The van der Waals surface area contributed by atoms with Gasteiger partial charge in [0.2, 0.25) is 12.2 Å². The number of nitrogens with one attached hydrogen (secondary N) is 2. The lowest BCUT2D eigenvalue weighted by Crippen LogP contribution is -2.45. The Morgan fingerprint density at radius 1 is 0.724 bits per heavy atom. The highest BCUT2D eigenvalue weighted by molar-refractivity contribution is 8.00. The molecule has 1 aromatic heterocycles. The Morgan fingerprint density at radius 3 is 1.98 bits per heavy atom. The molecular formula is C66H69Cl2N3O14S2. The zero-order valence-electron chi connectivity index (χ0n) is 49.3. The summed E-state index contributed by atoms with van der Waals surface area (Å²) in [6.45, 7) is 10.0. The maximum Gasteiger partial charge on any atom is 0.511 e. The summed E-state index contributed by atoms with van der Waals surface area (Å²) >= 11 is 15.2. The van der Waals surface area contributed by atoms with Gasteiger partial charge in [-0.3, -0.25) is 14.4 Å². The Labute approximate surface area is 520 Å². The smallest absolute Gasteiger partial charge is 0.464 e. The third-order valence-corrected chi connectivity index (χ3v) is 18.2. The summed E-state index contributed by atoms with van der Waals surface area (Å²) in [4.78, 5) is 83.0. The topological polar surface area (TPSA) is 223 Å². The van der Waals surface area contributed by atoms with Gasteiger partial charge < -0.3 is 43.6 Å². The minimum absolute atomic E-state index is 0.0238. The third kappa shape index (κ3) is 16.9. The van der Waals surface area contributed by atoms with Crippen LogP contribution in [0.5, 0.6) is 0 Å². The fourth-order valence-corrected chi connectivity index (χ4v) is 13.1. The number of rotatable bonds is 25. The van der Waals surface area contributed by atoms with Crippen LogP contribution < -0.4 is 10.6 Å². The van der Waals surface area contributed by atoms with Crippen molar-refractivity contribution in [3.05, 3.63) is 206 Å². The van der Waals surface area contributed by atoms with Gasteiger partial charge in [-0.2, -0.15) is 0 Å². The van der Waals surface area contributed by atoms with Crippen LogP contribution in [0.2, 0.25) is 10.0 Å². The maximum atomic E-state index is 14.2. The quantitative estimate of drug-likeness (QED) is 0.0235. The highest BCUT2D eigenvalue weighted by Gasteiger charge is 2.40. The summed E-state index contributed by atoms with van der Waals surface area (Å²) in [5.74, 6) is -2.95. The van der Waals surface area contributed by atoms with Crippen LogP contribution in [-0.2, 0) is 72.0 Å². The van der Waals surface area contributed by atoms with Crippen molar-refractivity contribution >= 4 is 91.6 Å². The van der Waals surface area contributed by atoms with Crippen molar-refractivity contribution in [2.75, 3.05) is 31.8 Å². The van der Waals surface area contributed by atoms with E-state index >= 15 is 0 Å². The average molecular weight is 1260 g/mol. The number of esters is 2. The fraction of sp³-hybridized carbons (Fsp3) is 0.333. The van der Waals surface area contributed by atoms with Crippen LogP contribution in [0.3, 0.4) is 0 Å². The van der Waals surface area contributed by atoms with Crippen LogP contribution in [-0.4, -0.2) is 110 Å². The van der Waals surface area contributed by atoms with Crippen molar-refractivity contribution in [3.8, 4) is 0 Å². The summed E-state index contributed by atoms with van der Waals surface area (Å²) in [6.07, 6.45) is 0.320. The van der Waals surface area contributed by atoms with Crippen molar-refractivity contribution in [1.29, 1.82) is 0 Å². The molecule has 0 saturated carbocycles. The zero-order chi connectivity index (χ0) is 62.7. The van der Waals surface area contributed by atoms with E-state index in [4.69, 9.17) is 51.3 Å². The fourth-order valence-electron chi connectivity index (χ4n) is 10.1. The summed E-state index contributed by atoms with van der Waals surface area (Å²) in [7, 11) is -3.67. The SMILES string of the molecule is CC(=O)N[C@@H](CSC(c1ccccc1)(c1ccccc1)c1ccccc1)C(=O)OCCC(C)(C)OCCC(C)(C)OC(=O)OC(C)OC(=O)[C@H](Cc1cccc(S(C)(=O)=O)c1)NC(=O)c1c(Cl)cc2c(c1Cl)CCN(C(=O)c1ccc3ccoc3c1)C2. The van der Waals surface area contributed by atoms with Crippen LogP contribution in [0.4, 0.5) is 4.79 Å². The first-order valence-electron chi connectivity index (χ1n) is 28.2. The first-order valence-corrected chi connectivity index (χ1v) is 31.8. The van der Waals surface area contributed by atoms with E-state index in [9.17, 15) is 37.2 Å². The van der Waals surface area contributed by atoms with E-state index in [1.54, 1.807) is 61.4 Å². The molecule has 0 bridgehead atoms. The number of furan rings is 1. The predicted molar refractivity (Wildman–Crippen MR) is 332 cm³/mol. The molecular weight excluding hydrogens is 1190 g/mol. The van der Waals surface area contributed by atoms with Gasteiger partial charge in [-0.1, -0.05) is 132 Å². The number of hydrogen-bond acceptors (Lipinski definition) is 15. The summed E-state index contributed by atoms with van der Waals surface area (Å²) in [5, 5.41) is 6.27. The molecule has 1 aliphatic rings. The van der Waals surface area contributed by atoms with Gasteiger partial charge in [-0.15, -0.1) is 11.8 Å². The highest BCUT2D eigenvalue weighted by Crippen LogP contribution is 2.49. The number of carbonyl (C=O) groups excluding carboxylic acids is 6. The number of benzene rings is 6. The lowest BCUT2D eigenvalue weighted by Gasteiger charge is -2.36. The van der Waals surface area contributed by atoms with Crippen LogP contribution in [0.25, 0.3) is 11.0 Å². The highest BCUT2D eigenvalue weighted by atomic mass is 35.5. The third-order valence-electron chi connectivity index (χ3n) is 14.7. The Kier molecular flexibility index (Phi) is 21.3. The van der Waals surface area contributed by atoms with E-state index in [1.165, 1.54) is 43.8 Å². The zero-order valence-corrected chi connectivity index (χ0v) is 52.4. The van der Waals surface area contributed by atoms with Gasteiger partial charge in [-0.05, 0) is 104 Å². The molecule has 0 saturated heterocycles. The van der Waals surface area contributed by atoms with Gasteiger partial charge >= 0.3 is 18.1 Å². The molecule has 1 unspecified atom stereocenters. The molecule has 0 fully saturated rings. The molecule has 8 rings (SSSR count). The van der Waals surface area contributed by atoms with E-state index in [0.29, 0.717) is 27.8 Å². The van der Waals surface area contributed by atoms with Crippen LogP contribution in [0, 0.1) is 0 Å². The monoisotopic (exact) mass is 1260 g/mol. The molecule has 17 nitrogen and oxygen atoms in total. The number of sulfone groups is 1. The van der Waals surface area contributed by atoms with Crippen molar-refractivity contribution in [1.82, 2.24) is 15.5 Å². The second kappa shape index (κ2) is 28.4. The minimum atomic E-state index is -3.67. The maximum absolute atomic E-state index is 14.2. The molecule has 1 aliphatic heterocycles. The van der Waals surface area contributed by atoms with Crippen molar-refractivity contribution in [3.63, 3.8) is 0 Å². The number of hydrogen-bond donors (Lipinski definition) is 2. The molecule has 2 heterocycles. The van der Waals surface area contributed by atoms with Crippen LogP contribution in [0.15, 0.2) is 161 Å². The minimum Gasteiger partial charge on any atom is -0.464 e. The molecule has 6 aromatic carbocycles. The van der Waals surface area contributed by atoms with Crippen molar-refractivity contribution in [2.24, 2.45) is 0 Å². The van der Waals surface area contributed by atoms with Gasteiger partial charge in [0.1, 0.15) is 23.3 Å². The first kappa shape index (κ1) is 65.3. The van der Waals surface area contributed by atoms with Crippen molar-refractivity contribution in [2.45, 2.75) is 113 Å². The van der Waals surface area contributed by atoms with E-state index in [-0.39, 0.29) is 90.1 Å². The molecule has 458 valence electrons. The molecule has 3 amide bonds. The van der Waals surface area contributed by atoms with Gasteiger partial charge in [0.05, 0.1) is 50.3 Å². The van der Waals surface area contributed by atoms with Crippen LogP contribution in [0.1, 0.15) is 108 Å². The standard InChI is InChI=1S/C66H69Cl2N3O14S2/c1-42(72)69-55(41-86-66(48-19-11-8-12-20-48,49-21-13-9-14-22-49)50-23-15-10-16-24-50)61(75)81-34-30-64(3,4)82-35-31-65(5,6)85-63(77)84-43(2)83-62(76)54(37-44-18-17-25-51(36-44)87(7,78)79)70-59(73)57-53(67)38-47-40-71(32-28-52(47)58(57)68)60(74)46-27-26-45-29-33-80-56(45)39-46/h8-27,29,33,36,38-39,43,54-55H,28,30-32,34-35,37,40-41H2,1-7H3,(H,69,72)(H,70,73)/t43?,54-,55-/m0/s1. The van der Waals surface area contributed by atoms with Gasteiger partial charge in [-0.25, -0.2) is 22.8 Å². The number of halogens is 2. The Balaban J connectivity index is 0.846. The molecule has 0 radical (unpaired) electrons. The van der Waals surface area contributed by atoms with Gasteiger partial charge in [0.15, 0.2) is 9.84 Å². The van der Waals surface area contributed by atoms with E-state index in [0.717, 1.165) is 28.3 Å². The van der Waals surface area contributed by atoms with Crippen LogP contribution >= 0.6 is 35.0 Å². The summed E-state index contributed by atoms with van der Waals surface area (Å²) < 4.78 is 58.3. The van der Waals surface area contributed by atoms with Gasteiger partial charge in [0.25, 0.3) is 11.8 Å². The van der Waals surface area contributed by atoms with Crippen molar-refractivity contribution < 1.29 is 65.3 Å². The lowest BCUT2D eigenvalue weighted by molar-refractivity contribution is -0.172. The van der Waals surface area contributed by atoms with E-state index < -0.39 is 68.2 Å². The first-order chi connectivity index (χ1) is 41.3. The Hall–Kier alpha value is -7.68. The normalized spacial score (nSPS) is 13.8. The largest absolute Gasteiger partial charge is 0.511 e. The number of thioether (sulfide) groups is 1. The molecule has 0 spiro atoms. The Bertz CT molecular complexity index is 3640. The molecule has 3 atom stereocenters. The molecule has 87 heavy (non-hydrogen) atoms. The second-order valence-electron chi connectivity index (χ2n) is 22.3. The number of amides is 3. The number of carbonyl (C=O) groups is 6. The Morgan fingerprint density at radius 2 is 1.36 bits per heavy atom. The lowest BCUT2D eigenvalue weighted by atomic mass is 9.84. The summed E-state index contributed by atoms with van der Waals surface area (Å²) in [5.41, 5.74) is 3.43.